The molecule has 0 radical (unpaired) electrons. The van der Waals surface area contributed by atoms with Crippen LogP contribution in [0.3, 0.4) is 0 Å². The molecule has 3 aromatic rings. The van der Waals surface area contributed by atoms with Gasteiger partial charge < -0.3 is 5.32 Å². The van der Waals surface area contributed by atoms with Crippen LogP contribution in [0.2, 0.25) is 0 Å². The largest absolute Gasteiger partial charge is 0.354 e. The second kappa shape index (κ2) is 10.4. The van der Waals surface area contributed by atoms with Gasteiger partial charge in [-0.3, -0.25) is 9.36 Å². The monoisotopic (exact) mass is 444 g/mol. The van der Waals surface area contributed by atoms with Crippen LogP contribution in [-0.2, 0) is 26.8 Å². The summed E-state index contributed by atoms with van der Waals surface area (Å²) in [5, 5.41) is 11.4. The average molecular weight is 445 g/mol. The van der Waals surface area contributed by atoms with E-state index in [0.717, 1.165) is 23.2 Å². The van der Waals surface area contributed by atoms with Gasteiger partial charge in [0.25, 0.3) is 0 Å². The molecule has 0 fully saturated rings. The Bertz CT molecular complexity index is 1080. The Hall–Kier alpha value is -2.65. The number of thioether (sulfide) groups is 1. The molecule has 9 heteroatoms. The SMILES string of the molecule is CCc1ccccc1-n1cnnc1SCC(=O)NCCS(=O)(=O)Cc1ccccc1. The first-order chi connectivity index (χ1) is 14.5. The molecule has 3 rings (SSSR count). The summed E-state index contributed by atoms with van der Waals surface area (Å²) in [5.74, 6) is -0.240. The molecule has 2 aromatic carbocycles. The molecule has 0 saturated carbocycles. The first-order valence-corrected chi connectivity index (χ1v) is 12.4. The van der Waals surface area contributed by atoms with Gasteiger partial charge in [0.15, 0.2) is 15.0 Å². The summed E-state index contributed by atoms with van der Waals surface area (Å²) in [6, 6.07) is 17.0. The number of aryl methyl sites for hydroxylation is 1. The molecule has 0 atom stereocenters. The quantitative estimate of drug-likeness (QED) is 0.483. The molecular weight excluding hydrogens is 420 g/mol. The molecule has 158 valence electrons. The van der Waals surface area contributed by atoms with E-state index >= 15 is 0 Å². The molecule has 1 N–H and O–H groups in total. The van der Waals surface area contributed by atoms with E-state index in [4.69, 9.17) is 0 Å². The first-order valence-electron chi connectivity index (χ1n) is 9.60. The summed E-state index contributed by atoms with van der Waals surface area (Å²) in [5.41, 5.74) is 2.89. The molecule has 7 nitrogen and oxygen atoms in total. The molecule has 1 aromatic heterocycles. The molecule has 30 heavy (non-hydrogen) atoms. The summed E-state index contributed by atoms with van der Waals surface area (Å²) in [6.45, 7) is 2.16. The van der Waals surface area contributed by atoms with Crippen molar-refractivity contribution in [3.05, 3.63) is 72.1 Å². The van der Waals surface area contributed by atoms with E-state index in [1.54, 1.807) is 18.5 Å². The van der Waals surface area contributed by atoms with Gasteiger partial charge in [0.2, 0.25) is 5.91 Å². The summed E-state index contributed by atoms with van der Waals surface area (Å²) >= 11 is 1.26. The third kappa shape index (κ3) is 6.17. The van der Waals surface area contributed by atoms with E-state index in [9.17, 15) is 13.2 Å². The van der Waals surface area contributed by atoms with Crippen molar-refractivity contribution in [1.82, 2.24) is 20.1 Å². The number of hydrogen-bond acceptors (Lipinski definition) is 6. The number of aromatic nitrogens is 3. The Morgan fingerprint density at radius 2 is 1.83 bits per heavy atom. The zero-order valence-corrected chi connectivity index (χ0v) is 18.3. The van der Waals surface area contributed by atoms with Crippen LogP contribution >= 0.6 is 11.8 Å². The number of sulfone groups is 1. The third-order valence-corrected chi connectivity index (χ3v) is 6.99. The van der Waals surface area contributed by atoms with Crippen molar-refractivity contribution in [2.75, 3.05) is 18.1 Å². The van der Waals surface area contributed by atoms with Crippen molar-refractivity contribution in [3.8, 4) is 5.69 Å². The van der Waals surface area contributed by atoms with Crippen LogP contribution < -0.4 is 5.32 Å². The minimum absolute atomic E-state index is 0.0294. The fraction of sp³-hybridized carbons (Fsp3) is 0.286. The topological polar surface area (TPSA) is 93.9 Å². The zero-order chi connectivity index (χ0) is 21.4. The fourth-order valence-electron chi connectivity index (χ4n) is 2.96. The minimum atomic E-state index is -3.29. The minimum Gasteiger partial charge on any atom is -0.354 e. The number of rotatable bonds is 10. The second-order valence-corrected chi connectivity index (χ2v) is 9.81. The van der Waals surface area contributed by atoms with Crippen molar-refractivity contribution in [2.45, 2.75) is 24.3 Å². The normalized spacial score (nSPS) is 11.4. The first kappa shape index (κ1) is 22.0. The third-order valence-electron chi connectivity index (χ3n) is 4.45. The lowest BCUT2D eigenvalue weighted by Crippen LogP contribution is -2.30. The van der Waals surface area contributed by atoms with Crippen molar-refractivity contribution in [1.29, 1.82) is 0 Å². The number of carbonyl (C=O) groups is 1. The van der Waals surface area contributed by atoms with Gasteiger partial charge in [0.05, 0.1) is 22.9 Å². The maximum absolute atomic E-state index is 12.2. The van der Waals surface area contributed by atoms with E-state index in [0.29, 0.717) is 5.16 Å². The summed E-state index contributed by atoms with van der Waals surface area (Å²) in [4.78, 5) is 12.2. The van der Waals surface area contributed by atoms with E-state index in [1.807, 2.05) is 47.0 Å². The maximum atomic E-state index is 12.2. The molecule has 1 amide bonds. The number of amides is 1. The van der Waals surface area contributed by atoms with Crippen molar-refractivity contribution >= 4 is 27.5 Å². The highest BCUT2D eigenvalue weighted by molar-refractivity contribution is 7.99. The highest BCUT2D eigenvalue weighted by Crippen LogP contribution is 2.22. The lowest BCUT2D eigenvalue weighted by molar-refractivity contribution is -0.118. The molecule has 0 aliphatic heterocycles. The highest BCUT2D eigenvalue weighted by Gasteiger charge is 2.14. The van der Waals surface area contributed by atoms with E-state index in [-0.39, 0.29) is 29.7 Å². The Morgan fingerprint density at radius 3 is 2.60 bits per heavy atom. The van der Waals surface area contributed by atoms with Crippen LogP contribution in [0.25, 0.3) is 5.69 Å². The number of nitrogens with one attached hydrogen (secondary N) is 1. The van der Waals surface area contributed by atoms with Crippen molar-refractivity contribution < 1.29 is 13.2 Å². The number of nitrogens with zero attached hydrogens (tertiary/aromatic N) is 3. The predicted octanol–water partition coefficient (Wildman–Crippen LogP) is 2.65. The standard InChI is InChI=1S/C21H24N4O3S2/c1-2-18-10-6-7-11-19(18)25-16-23-24-21(25)29-14-20(26)22-12-13-30(27,28)15-17-8-4-3-5-9-17/h3-11,16H,2,12-15H2,1H3,(H,22,26). The molecule has 0 saturated heterocycles. The van der Waals surface area contributed by atoms with Crippen LogP contribution in [-0.4, -0.2) is 47.1 Å². The van der Waals surface area contributed by atoms with Gasteiger partial charge >= 0.3 is 0 Å². The molecule has 0 aliphatic carbocycles. The lowest BCUT2D eigenvalue weighted by Gasteiger charge is -2.10. The van der Waals surface area contributed by atoms with Gasteiger partial charge in [-0.2, -0.15) is 0 Å². The summed E-state index contributed by atoms with van der Waals surface area (Å²) in [7, 11) is -3.29. The molecule has 0 unspecified atom stereocenters. The number of para-hydroxylation sites is 1. The number of carbonyl (C=O) groups excluding carboxylic acids is 1. The number of hydrogen-bond donors (Lipinski definition) is 1. The van der Waals surface area contributed by atoms with Gasteiger partial charge in [-0.05, 0) is 23.6 Å². The molecule has 0 bridgehead atoms. The van der Waals surface area contributed by atoms with Crippen molar-refractivity contribution in [3.63, 3.8) is 0 Å². The summed E-state index contributed by atoms with van der Waals surface area (Å²) in [6.07, 6.45) is 2.50. The highest BCUT2D eigenvalue weighted by atomic mass is 32.2. The van der Waals surface area contributed by atoms with Gasteiger partial charge in [0, 0.05) is 6.54 Å². The molecular formula is C21H24N4O3S2. The zero-order valence-electron chi connectivity index (χ0n) is 16.7. The van der Waals surface area contributed by atoms with E-state index in [1.165, 1.54) is 11.8 Å². The van der Waals surface area contributed by atoms with E-state index < -0.39 is 9.84 Å². The van der Waals surface area contributed by atoms with Gasteiger partial charge in [-0.15, -0.1) is 10.2 Å². The Labute approximate surface area is 180 Å². The van der Waals surface area contributed by atoms with E-state index in [2.05, 4.69) is 22.4 Å². The van der Waals surface area contributed by atoms with Gasteiger partial charge in [-0.1, -0.05) is 67.2 Å². The fourth-order valence-corrected chi connectivity index (χ4v) is 4.97. The molecule has 0 aliphatic rings. The van der Waals surface area contributed by atoms with Gasteiger partial charge in [0.1, 0.15) is 6.33 Å². The Kier molecular flexibility index (Phi) is 7.64. The average Bonchev–Trinajstić information content (AvgIpc) is 3.21. The van der Waals surface area contributed by atoms with Gasteiger partial charge in [-0.25, -0.2) is 8.42 Å². The van der Waals surface area contributed by atoms with Crippen LogP contribution in [0, 0.1) is 0 Å². The van der Waals surface area contributed by atoms with Crippen LogP contribution in [0.1, 0.15) is 18.1 Å². The smallest absolute Gasteiger partial charge is 0.230 e. The van der Waals surface area contributed by atoms with Crippen molar-refractivity contribution in [2.24, 2.45) is 0 Å². The Morgan fingerprint density at radius 1 is 1.10 bits per heavy atom. The van der Waals surface area contributed by atoms with Crippen LogP contribution in [0.15, 0.2) is 66.1 Å². The maximum Gasteiger partial charge on any atom is 0.230 e. The number of benzene rings is 2. The summed E-state index contributed by atoms with van der Waals surface area (Å²) < 4.78 is 26.3. The van der Waals surface area contributed by atoms with Crippen LogP contribution in [0.5, 0.6) is 0 Å². The molecule has 1 heterocycles. The predicted molar refractivity (Wildman–Crippen MR) is 118 cm³/mol. The second-order valence-electron chi connectivity index (χ2n) is 6.68. The Balaban J connectivity index is 1.50. The van der Waals surface area contributed by atoms with Crippen LogP contribution in [0.4, 0.5) is 0 Å². The lowest BCUT2D eigenvalue weighted by atomic mass is 10.1. The molecule has 0 spiro atoms.